The van der Waals surface area contributed by atoms with Crippen molar-refractivity contribution in [2.45, 2.75) is 133 Å². The third-order valence-corrected chi connectivity index (χ3v) is 13.8. The molecule has 11 atom stereocenters. The molecule has 0 radical (unpaired) electrons. The van der Waals surface area contributed by atoms with Crippen molar-refractivity contribution in [3.8, 4) is 0 Å². The van der Waals surface area contributed by atoms with Crippen LogP contribution < -0.4 is 0 Å². The van der Waals surface area contributed by atoms with Crippen LogP contribution >= 0.6 is 22.6 Å². The molecule has 7 nitrogen and oxygen atoms in total. The summed E-state index contributed by atoms with van der Waals surface area (Å²) in [5.74, 6) is 0.365. The van der Waals surface area contributed by atoms with Gasteiger partial charge in [0, 0.05) is 29.8 Å². The van der Waals surface area contributed by atoms with Crippen molar-refractivity contribution in [1.29, 1.82) is 0 Å². The van der Waals surface area contributed by atoms with Crippen molar-refractivity contribution < 1.29 is 32.8 Å². The number of hydrogen-bond donors (Lipinski definition) is 2. The second-order valence-electron chi connectivity index (χ2n) is 13.9. The van der Waals surface area contributed by atoms with E-state index in [0.717, 1.165) is 61.4 Å². The predicted molar refractivity (Wildman–Crippen MR) is 183 cm³/mol. The zero-order valence-corrected chi connectivity index (χ0v) is 30.0. The van der Waals surface area contributed by atoms with E-state index in [-0.39, 0.29) is 66.2 Å². The maximum Gasteiger partial charge on any atom is 0.178 e. The molecule has 0 amide bonds. The minimum absolute atomic E-state index is 0.00539. The van der Waals surface area contributed by atoms with E-state index in [9.17, 15) is 18.6 Å². The van der Waals surface area contributed by atoms with Crippen LogP contribution in [0.4, 0.5) is 0 Å². The molecule has 3 heterocycles. The molecule has 4 rings (SSSR count). The fourth-order valence-electron chi connectivity index (χ4n) is 7.54. The van der Waals surface area contributed by atoms with Crippen LogP contribution in [-0.4, -0.2) is 77.6 Å². The van der Waals surface area contributed by atoms with Crippen LogP contribution in [-0.2, 0) is 24.0 Å². The van der Waals surface area contributed by atoms with E-state index >= 15 is 0 Å². The van der Waals surface area contributed by atoms with Gasteiger partial charge >= 0.3 is 0 Å². The Morgan fingerprint density at radius 3 is 2.48 bits per heavy atom. The molecule has 0 aromatic heterocycles. The van der Waals surface area contributed by atoms with Crippen molar-refractivity contribution in [1.82, 2.24) is 0 Å². The van der Waals surface area contributed by atoms with Crippen molar-refractivity contribution in [3.05, 3.63) is 42.5 Å². The van der Waals surface area contributed by atoms with Gasteiger partial charge in [-0.05, 0) is 74.0 Å². The van der Waals surface area contributed by atoms with Crippen LogP contribution in [0, 0.1) is 23.7 Å². The zero-order valence-electron chi connectivity index (χ0n) is 27.1. The second kappa shape index (κ2) is 16.0. The number of ether oxygens (including phenoxy) is 3. The first-order valence-electron chi connectivity index (χ1n) is 16.7. The Labute approximate surface area is 279 Å². The summed E-state index contributed by atoms with van der Waals surface area (Å²) in [6, 6.07) is 8.65. The van der Waals surface area contributed by atoms with Crippen LogP contribution in [0.1, 0.15) is 85.5 Å². The molecule has 3 aliphatic rings. The summed E-state index contributed by atoms with van der Waals surface area (Å²) in [5.41, 5.74) is 0.466. The van der Waals surface area contributed by atoms with Gasteiger partial charge in [-0.2, -0.15) is 0 Å². The third-order valence-electron chi connectivity index (χ3n) is 10.6. The number of aliphatic hydroxyl groups is 2. The first-order valence-corrected chi connectivity index (χ1v) is 19.9. The largest absolute Gasteiger partial charge is 0.396 e. The Balaban J connectivity index is 1.40. The van der Waals surface area contributed by atoms with Crippen LogP contribution in [0.5, 0.6) is 0 Å². The maximum atomic E-state index is 13.4. The number of fused-ring (bicyclic) bond motifs is 1. The fourth-order valence-corrected chi connectivity index (χ4v) is 10.3. The minimum atomic E-state index is -3.51. The SMILES string of the molecule is C=C([C@H](C)CC1CC[C@@H]2O[C@@H](CCCO)C[C@]2(CI)O1)[C@H](O)CC1O[C@H](C[C@H](C)CC)[C@H](C)[C@H]1CS(=O)(=O)c1ccccc1. The topological polar surface area (TPSA) is 102 Å². The lowest BCUT2D eigenvalue weighted by Crippen LogP contribution is -2.50. The minimum Gasteiger partial charge on any atom is -0.396 e. The molecule has 3 fully saturated rings. The van der Waals surface area contributed by atoms with E-state index < -0.39 is 15.9 Å². The van der Waals surface area contributed by atoms with Gasteiger partial charge in [-0.25, -0.2) is 8.42 Å². The molecule has 44 heavy (non-hydrogen) atoms. The number of alkyl halides is 1. The first kappa shape index (κ1) is 36.3. The highest BCUT2D eigenvalue weighted by atomic mass is 127. The molecule has 0 aliphatic carbocycles. The third kappa shape index (κ3) is 8.66. The molecular formula is C35H55IO7S. The zero-order chi connectivity index (χ0) is 32.1. The number of benzene rings is 1. The highest BCUT2D eigenvalue weighted by molar-refractivity contribution is 14.1. The van der Waals surface area contributed by atoms with E-state index in [0.29, 0.717) is 17.2 Å². The number of halogens is 1. The molecule has 3 saturated heterocycles. The molecule has 3 aliphatic heterocycles. The average molecular weight is 747 g/mol. The molecule has 0 bridgehead atoms. The normalized spacial score (nSPS) is 34.4. The highest BCUT2D eigenvalue weighted by Crippen LogP contribution is 2.46. The molecule has 1 aromatic carbocycles. The van der Waals surface area contributed by atoms with Gasteiger partial charge in [-0.15, -0.1) is 0 Å². The standard InChI is InChI=1S/C35H55IO7S/c1-6-23(2)17-32-26(5)30(21-44(39,40)29-12-8-7-9-13-29)33(42-32)19-31(38)25(4)24(3)18-27-14-15-34-35(22-36,43-27)20-28(41-34)11-10-16-37/h7-9,12-13,23-24,26-28,30-34,37-38H,4,6,10-11,14-22H2,1-3,5H3/t23-,24-,26-,27?,28+,30-,31-,32-,33?,34+,35-/m1/s1. The molecule has 2 N–H and O–H groups in total. The van der Waals surface area contributed by atoms with Gasteiger partial charge in [0.05, 0.1) is 47.3 Å². The average Bonchev–Trinajstić information content (AvgIpc) is 3.52. The molecule has 1 aromatic rings. The summed E-state index contributed by atoms with van der Waals surface area (Å²) in [6.45, 7) is 13.1. The summed E-state index contributed by atoms with van der Waals surface area (Å²) in [4.78, 5) is 0.335. The van der Waals surface area contributed by atoms with Crippen molar-refractivity contribution >= 4 is 32.4 Å². The quantitative estimate of drug-likeness (QED) is 0.113. The van der Waals surface area contributed by atoms with Crippen LogP contribution in [0.15, 0.2) is 47.4 Å². The Kier molecular flexibility index (Phi) is 13.2. The van der Waals surface area contributed by atoms with Crippen LogP contribution in [0.25, 0.3) is 0 Å². The lowest BCUT2D eigenvalue weighted by molar-refractivity contribution is -0.155. The summed E-state index contributed by atoms with van der Waals surface area (Å²) < 4.78 is 47.4. The van der Waals surface area contributed by atoms with Gasteiger partial charge in [0.25, 0.3) is 0 Å². The molecular weight excluding hydrogens is 691 g/mol. The number of aliphatic hydroxyl groups excluding tert-OH is 2. The van der Waals surface area contributed by atoms with Crippen LogP contribution in [0.3, 0.4) is 0 Å². The summed E-state index contributed by atoms with van der Waals surface area (Å²) >= 11 is 2.42. The molecule has 2 unspecified atom stereocenters. The monoisotopic (exact) mass is 746 g/mol. The van der Waals surface area contributed by atoms with Gasteiger partial charge in [0.1, 0.15) is 5.60 Å². The van der Waals surface area contributed by atoms with E-state index in [1.165, 1.54) is 0 Å². The summed E-state index contributed by atoms with van der Waals surface area (Å²) in [7, 11) is -3.51. The van der Waals surface area contributed by atoms with Crippen molar-refractivity contribution in [2.24, 2.45) is 23.7 Å². The van der Waals surface area contributed by atoms with Gasteiger partial charge in [0.15, 0.2) is 9.84 Å². The van der Waals surface area contributed by atoms with E-state index in [1.54, 1.807) is 24.3 Å². The Hall–Kier alpha value is -0.560. The Morgan fingerprint density at radius 2 is 1.82 bits per heavy atom. The summed E-state index contributed by atoms with van der Waals surface area (Å²) in [5, 5.41) is 20.7. The molecule has 9 heteroatoms. The van der Waals surface area contributed by atoms with E-state index in [1.807, 2.05) is 6.07 Å². The predicted octanol–water partition coefficient (Wildman–Crippen LogP) is 6.53. The fraction of sp³-hybridized carbons (Fsp3) is 0.771. The lowest BCUT2D eigenvalue weighted by Gasteiger charge is -2.42. The molecule has 250 valence electrons. The maximum absolute atomic E-state index is 13.4. The Morgan fingerprint density at radius 1 is 1.09 bits per heavy atom. The van der Waals surface area contributed by atoms with Gasteiger partial charge < -0.3 is 24.4 Å². The van der Waals surface area contributed by atoms with Gasteiger partial charge in [0.2, 0.25) is 0 Å². The molecule has 0 spiro atoms. The summed E-state index contributed by atoms with van der Waals surface area (Å²) in [6.07, 6.45) is 6.44. The van der Waals surface area contributed by atoms with Gasteiger partial charge in [-0.1, -0.05) is 81.5 Å². The van der Waals surface area contributed by atoms with Gasteiger partial charge in [-0.3, -0.25) is 0 Å². The smallest absolute Gasteiger partial charge is 0.178 e. The van der Waals surface area contributed by atoms with Crippen molar-refractivity contribution in [3.63, 3.8) is 0 Å². The second-order valence-corrected chi connectivity index (χ2v) is 16.7. The van der Waals surface area contributed by atoms with Crippen molar-refractivity contribution in [2.75, 3.05) is 16.8 Å². The highest BCUT2D eigenvalue weighted by Gasteiger charge is 2.52. The first-order chi connectivity index (χ1) is 20.9. The van der Waals surface area contributed by atoms with Crippen LogP contribution in [0.2, 0.25) is 0 Å². The van der Waals surface area contributed by atoms with E-state index in [4.69, 9.17) is 14.2 Å². The number of hydrogen-bond acceptors (Lipinski definition) is 7. The molecule has 0 saturated carbocycles. The lowest BCUT2D eigenvalue weighted by atomic mass is 9.82. The number of sulfone groups is 1. The Bertz CT molecular complexity index is 1160. The van der Waals surface area contributed by atoms with E-state index in [2.05, 4.69) is 56.9 Å². The number of rotatable bonds is 16.